The zero-order chi connectivity index (χ0) is 14.6. The highest BCUT2D eigenvalue weighted by molar-refractivity contribution is 7.91. The van der Waals surface area contributed by atoms with Gasteiger partial charge >= 0.3 is 0 Å². The molecule has 0 aliphatic heterocycles. The summed E-state index contributed by atoms with van der Waals surface area (Å²) in [6.45, 7) is 0. The Kier molecular flexibility index (Phi) is 5.87. The fraction of sp³-hybridized carbons (Fsp3) is 1.00. The van der Waals surface area contributed by atoms with Crippen molar-refractivity contribution >= 4 is 9.84 Å². The number of nitrogens with two attached hydrogens (primary N) is 1. The van der Waals surface area contributed by atoms with Gasteiger partial charge in [-0.15, -0.1) is 0 Å². The summed E-state index contributed by atoms with van der Waals surface area (Å²) in [7, 11) is -2.91. The Morgan fingerprint density at radius 2 is 1.55 bits per heavy atom. The number of sulfone groups is 1. The van der Waals surface area contributed by atoms with E-state index in [2.05, 4.69) is 5.43 Å². The largest absolute Gasteiger partial charge is 0.271 e. The van der Waals surface area contributed by atoms with E-state index in [1.807, 2.05) is 0 Å². The van der Waals surface area contributed by atoms with Gasteiger partial charge < -0.3 is 0 Å². The summed E-state index contributed by atoms with van der Waals surface area (Å²) in [5.74, 6) is 6.90. The Labute approximate surface area is 123 Å². The normalized spacial score (nSPS) is 31.7. The summed E-state index contributed by atoms with van der Waals surface area (Å²) < 4.78 is 23.6. The van der Waals surface area contributed by atoms with Crippen molar-refractivity contribution < 1.29 is 8.42 Å². The third-order valence-corrected chi connectivity index (χ3v) is 7.02. The molecule has 3 unspecified atom stereocenters. The molecule has 3 N–H and O–H groups in total. The molecule has 0 saturated heterocycles. The second-order valence-electron chi connectivity index (χ2n) is 6.82. The summed E-state index contributed by atoms with van der Waals surface area (Å²) in [6.07, 6.45) is 12.9. The Morgan fingerprint density at radius 1 is 0.950 bits per heavy atom. The molecule has 3 atom stereocenters. The highest BCUT2D eigenvalue weighted by Gasteiger charge is 2.35. The summed E-state index contributed by atoms with van der Waals surface area (Å²) in [5, 5.41) is -0.150. The van der Waals surface area contributed by atoms with Crippen molar-refractivity contribution in [3.05, 3.63) is 0 Å². The molecule has 0 spiro atoms. The lowest BCUT2D eigenvalue weighted by atomic mass is 9.76. The van der Waals surface area contributed by atoms with Crippen molar-refractivity contribution in [3.8, 4) is 0 Å². The Morgan fingerprint density at radius 3 is 2.10 bits per heavy atom. The fourth-order valence-electron chi connectivity index (χ4n) is 4.22. The Balaban J connectivity index is 2.02. The van der Waals surface area contributed by atoms with Gasteiger partial charge in [-0.3, -0.25) is 11.3 Å². The smallest absolute Gasteiger partial charge is 0.150 e. The molecule has 2 saturated carbocycles. The minimum atomic E-state index is -2.91. The third kappa shape index (κ3) is 4.18. The first-order valence-electron chi connectivity index (χ1n) is 8.17. The molecule has 2 aliphatic rings. The number of hydrazine groups is 1. The number of hydrogen-bond donors (Lipinski definition) is 2. The zero-order valence-corrected chi connectivity index (χ0v) is 13.5. The average molecular weight is 302 g/mol. The van der Waals surface area contributed by atoms with Crippen LogP contribution in [0.4, 0.5) is 0 Å². The van der Waals surface area contributed by atoms with E-state index in [1.165, 1.54) is 44.8 Å². The maximum absolute atomic E-state index is 11.8. The van der Waals surface area contributed by atoms with E-state index in [4.69, 9.17) is 5.84 Å². The van der Waals surface area contributed by atoms with Crippen LogP contribution in [-0.2, 0) is 9.84 Å². The fourth-order valence-corrected chi connectivity index (χ4v) is 5.41. The van der Waals surface area contributed by atoms with Crippen molar-refractivity contribution in [2.45, 2.75) is 75.5 Å². The van der Waals surface area contributed by atoms with Crippen LogP contribution in [0.1, 0.15) is 64.2 Å². The lowest BCUT2D eigenvalue weighted by Crippen LogP contribution is -2.48. The van der Waals surface area contributed by atoms with Crippen LogP contribution >= 0.6 is 0 Å². The van der Waals surface area contributed by atoms with E-state index in [0.29, 0.717) is 17.9 Å². The van der Waals surface area contributed by atoms with E-state index >= 15 is 0 Å². The molecule has 0 aromatic heterocycles. The van der Waals surface area contributed by atoms with E-state index in [9.17, 15) is 8.42 Å². The molecule has 5 heteroatoms. The summed E-state index contributed by atoms with van der Waals surface area (Å²) in [4.78, 5) is 0. The van der Waals surface area contributed by atoms with Gasteiger partial charge in [0.05, 0.1) is 5.25 Å². The molecule has 0 amide bonds. The van der Waals surface area contributed by atoms with E-state index in [0.717, 1.165) is 25.7 Å². The topological polar surface area (TPSA) is 72.2 Å². The first kappa shape index (κ1) is 16.2. The van der Waals surface area contributed by atoms with Gasteiger partial charge in [0.15, 0.2) is 0 Å². The van der Waals surface area contributed by atoms with Crippen molar-refractivity contribution in [2.24, 2.45) is 17.7 Å². The number of rotatable bonds is 4. The van der Waals surface area contributed by atoms with Gasteiger partial charge in [0.1, 0.15) is 9.84 Å². The third-order valence-electron chi connectivity index (χ3n) is 5.38. The van der Waals surface area contributed by atoms with E-state index < -0.39 is 9.84 Å². The van der Waals surface area contributed by atoms with Crippen LogP contribution in [0.2, 0.25) is 0 Å². The molecule has 0 aromatic carbocycles. The van der Waals surface area contributed by atoms with Gasteiger partial charge in [-0.2, -0.15) is 0 Å². The van der Waals surface area contributed by atoms with Gasteiger partial charge in [-0.1, -0.05) is 32.1 Å². The van der Waals surface area contributed by atoms with Crippen molar-refractivity contribution in [1.29, 1.82) is 0 Å². The molecule has 2 rings (SSSR count). The minimum Gasteiger partial charge on any atom is -0.271 e. The molecule has 0 heterocycles. The lowest BCUT2D eigenvalue weighted by molar-refractivity contribution is 0.194. The van der Waals surface area contributed by atoms with Gasteiger partial charge in [0.25, 0.3) is 0 Å². The number of hydrogen-bond acceptors (Lipinski definition) is 4. The van der Waals surface area contributed by atoms with Gasteiger partial charge in [-0.25, -0.2) is 8.42 Å². The second kappa shape index (κ2) is 7.23. The molecule has 4 nitrogen and oxygen atoms in total. The first-order valence-corrected chi connectivity index (χ1v) is 10.1. The Hall–Kier alpha value is -0.130. The van der Waals surface area contributed by atoms with Crippen molar-refractivity contribution in [3.63, 3.8) is 0 Å². The molecular weight excluding hydrogens is 272 g/mol. The van der Waals surface area contributed by atoms with Crippen LogP contribution in [0, 0.1) is 11.8 Å². The highest BCUT2D eigenvalue weighted by atomic mass is 32.2. The van der Waals surface area contributed by atoms with Crippen molar-refractivity contribution in [2.75, 3.05) is 6.26 Å². The van der Waals surface area contributed by atoms with E-state index in [-0.39, 0.29) is 5.25 Å². The highest BCUT2D eigenvalue weighted by Crippen LogP contribution is 2.36. The SMILES string of the molecule is CS(=O)(=O)C1CCCC(C(NN)C2CCCCCC2)C1. The van der Waals surface area contributed by atoms with Crippen LogP contribution in [-0.4, -0.2) is 26.0 Å². The standard InChI is InChI=1S/C15H30N2O2S/c1-20(18,19)14-10-6-9-13(11-14)15(17-16)12-7-4-2-3-5-8-12/h12-15,17H,2-11,16H2,1H3. The van der Waals surface area contributed by atoms with Crippen LogP contribution in [0.5, 0.6) is 0 Å². The predicted octanol–water partition coefficient (Wildman–Crippen LogP) is 2.39. The second-order valence-corrected chi connectivity index (χ2v) is 9.15. The molecule has 20 heavy (non-hydrogen) atoms. The quantitative estimate of drug-likeness (QED) is 0.475. The summed E-state index contributed by atoms with van der Waals surface area (Å²) in [6, 6.07) is 0.303. The van der Waals surface area contributed by atoms with Crippen LogP contribution in [0.25, 0.3) is 0 Å². The maximum Gasteiger partial charge on any atom is 0.150 e. The summed E-state index contributed by atoms with van der Waals surface area (Å²) >= 11 is 0. The number of nitrogens with one attached hydrogen (secondary N) is 1. The van der Waals surface area contributed by atoms with Crippen LogP contribution in [0.3, 0.4) is 0 Å². The summed E-state index contributed by atoms with van der Waals surface area (Å²) in [5.41, 5.74) is 3.05. The maximum atomic E-state index is 11.8. The van der Waals surface area contributed by atoms with E-state index in [1.54, 1.807) is 0 Å². The lowest BCUT2D eigenvalue weighted by Gasteiger charge is -2.37. The monoisotopic (exact) mass is 302 g/mol. The minimum absolute atomic E-state index is 0.150. The first-order chi connectivity index (χ1) is 9.52. The zero-order valence-electron chi connectivity index (χ0n) is 12.7. The average Bonchev–Trinajstić information content (AvgIpc) is 2.68. The molecule has 2 aliphatic carbocycles. The Bertz CT molecular complexity index is 389. The van der Waals surface area contributed by atoms with Gasteiger partial charge in [0.2, 0.25) is 0 Å². The molecular formula is C15H30N2O2S. The van der Waals surface area contributed by atoms with Gasteiger partial charge in [0, 0.05) is 12.3 Å². The molecule has 0 bridgehead atoms. The molecule has 0 aromatic rings. The van der Waals surface area contributed by atoms with Crippen LogP contribution < -0.4 is 11.3 Å². The van der Waals surface area contributed by atoms with Crippen LogP contribution in [0.15, 0.2) is 0 Å². The van der Waals surface area contributed by atoms with Gasteiger partial charge in [-0.05, 0) is 43.9 Å². The molecule has 0 radical (unpaired) electrons. The van der Waals surface area contributed by atoms with Crippen molar-refractivity contribution in [1.82, 2.24) is 5.43 Å². The predicted molar refractivity (Wildman–Crippen MR) is 82.9 cm³/mol. The molecule has 2 fully saturated rings. The molecule has 118 valence electrons.